The van der Waals surface area contributed by atoms with E-state index in [9.17, 15) is 9.18 Å². The Morgan fingerprint density at radius 2 is 1.95 bits per heavy atom. The van der Waals surface area contributed by atoms with Crippen molar-refractivity contribution in [3.05, 3.63) is 70.3 Å². The zero-order chi connectivity index (χ0) is 14.8. The average molecular weight is 301 g/mol. The van der Waals surface area contributed by atoms with Gasteiger partial charge in [-0.05, 0) is 17.7 Å². The molecule has 1 heterocycles. The number of nitrogen functional groups attached to an aromatic ring is 1. The summed E-state index contributed by atoms with van der Waals surface area (Å²) >= 11 is 1.34. The lowest BCUT2D eigenvalue weighted by atomic mass is 10.2. The standard InChI is InChI=1S/C15H12FN3OS/c16-11-6-7-12-13(8-11)18-15(19(17)14(12)20)21-9-10-4-2-1-3-5-10/h1-8H,9,17H2. The molecule has 0 bridgehead atoms. The van der Waals surface area contributed by atoms with Gasteiger partial charge >= 0.3 is 0 Å². The van der Waals surface area contributed by atoms with Gasteiger partial charge in [0.05, 0.1) is 10.9 Å². The molecule has 3 rings (SSSR count). The van der Waals surface area contributed by atoms with Crippen LogP contribution in [0.2, 0.25) is 0 Å². The molecule has 21 heavy (non-hydrogen) atoms. The van der Waals surface area contributed by atoms with Crippen molar-refractivity contribution in [2.24, 2.45) is 0 Å². The molecule has 0 aliphatic rings. The second kappa shape index (κ2) is 5.57. The first kappa shape index (κ1) is 13.6. The Bertz CT molecular complexity index is 849. The van der Waals surface area contributed by atoms with Crippen LogP contribution in [0.4, 0.5) is 4.39 Å². The molecular formula is C15H12FN3OS. The Morgan fingerprint density at radius 1 is 1.19 bits per heavy atom. The van der Waals surface area contributed by atoms with E-state index in [1.807, 2.05) is 30.3 Å². The molecule has 106 valence electrons. The minimum atomic E-state index is -0.428. The fourth-order valence-electron chi connectivity index (χ4n) is 1.98. The molecule has 0 unspecified atom stereocenters. The van der Waals surface area contributed by atoms with Crippen LogP contribution in [0.5, 0.6) is 0 Å². The summed E-state index contributed by atoms with van der Waals surface area (Å²) in [5.41, 5.74) is 1.03. The molecule has 0 aliphatic carbocycles. The SMILES string of the molecule is Nn1c(SCc2ccccc2)nc2cc(F)ccc2c1=O. The number of hydrogen-bond donors (Lipinski definition) is 1. The van der Waals surface area contributed by atoms with Gasteiger partial charge in [0.15, 0.2) is 5.16 Å². The zero-order valence-corrected chi connectivity index (χ0v) is 11.8. The summed E-state index contributed by atoms with van der Waals surface area (Å²) < 4.78 is 14.3. The van der Waals surface area contributed by atoms with E-state index in [0.29, 0.717) is 21.8 Å². The summed E-state index contributed by atoms with van der Waals surface area (Å²) in [6, 6.07) is 13.6. The molecule has 0 saturated heterocycles. The maximum absolute atomic E-state index is 13.3. The topological polar surface area (TPSA) is 60.9 Å². The molecule has 0 amide bonds. The van der Waals surface area contributed by atoms with E-state index in [1.165, 1.54) is 30.0 Å². The molecule has 0 fully saturated rings. The number of rotatable bonds is 3. The van der Waals surface area contributed by atoms with E-state index < -0.39 is 5.82 Å². The summed E-state index contributed by atoms with van der Waals surface area (Å²) in [6.07, 6.45) is 0. The molecule has 4 nitrogen and oxygen atoms in total. The monoisotopic (exact) mass is 301 g/mol. The maximum Gasteiger partial charge on any atom is 0.280 e. The van der Waals surface area contributed by atoms with E-state index in [4.69, 9.17) is 5.84 Å². The van der Waals surface area contributed by atoms with Gasteiger partial charge in [-0.15, -0.1) is 0 Å². The van der Waals surface area contributed by atoms with Gasteiger partial charge in [0.25, 0.3) is 5.56 Å². The Labute approximate surface area is 124 Å². The van der Waals surface area contributed by atoms with E-state index in [-0.39, 0.29) is 5.56 Å². The first-order valence-corrected chi connectivity index (χ1v) is 7.28. The lowest BCUT2D eigenvalue weighted by molar-refractivity contribution is 0.628. The van der Waals surface area contributed by atoms with Crippen LogP contribution < -0.4 is 11.4 Å². The highest BCUT2D eigenvalue weighted by atomic mass is 32.2. The van der Waals surface area contributed by atoms with Crippen LogP contribution in [0, 0.1) is 5.82 Å². The fraction of sp³-hybridized carbons (Fsp3) is 0.0667. The van der Waals surface area contributed by atoms with Crippen LogP contribution in [0.15, 0.2) is 58.5 Å². The smallest absolute Gasteiger partial charge is 0.280 e. The van der Waals surface area contributed by atoms with Gasteiger partial charge in [-0.3, -0.25) is 4.79 Å². The van der Waals surface area contributed by atoms with Crippen LogP contribution in [-0.4, -0.2) is 9.66 Å². The van der Waals surface area contributed by atoms with Crippen molar-refractivity contribution < 1.29 is 4.39 Å². The van der Waals surface area contributed by atoms with E-state index in [0.717, 1.165) is 10.2 Å². The Morgan fingerprint density at radius 3 is 2.71 bits per heavy atom. The highest BCUT2D eigenvalue weighted by Crippen LogP contribution is 2.21. The molecular weight excluding hydrogens is 289 g/mol. The van der Waals surface area contributed by atoms with Gasteiger partial charge in [-0.2, -0.15) is 0 Å². The third-order valence-corrected chi connectivity index (χ3v) is 4.07. The number of nitrogens with zero attached hydrogens (tertiary/aromatic N) is 2. The van der Waals surface area contributed by atoms with Crippen molar-refractivity contribution in [2.75, 3.05) is 5.84 Å². The van der Waals surface area contributed by atoms with Crippen LogP contribution >= 0.6 is 11.8 Å². The number of thioether (sulfide) groups is 1. The van der Waals surface area contributed by atoms with Gasteiger partial charge in [-0.25, -0.2) is 14.1 Å². The largest absolute Gasteiger partial charge is 0.334 e. The third kappa shape index (κ3) is 2.75. The van der Waals surface area contributed by atoms with Gasteiger partial charge in [0, 0.05) is 11.8 Å². The number of nitrogens with two attached hydrogens (primary N) is 1. The lowest BCUT2D eigenvalue weighted by Crippen LogP contribution is -2.29. The molecule has 0 aliphatic heterocycles. The fourth-order valence-corrected chi connectivity index (χ4v) is 2.85. The molecule has 2 N–H and O–H groups in total. The summed E-state index contributed by atoms with van der Waals surface area (Å²) in [5.74, 6) is 5.98. The third-order valence-electron chi connectivity index (χ3n) is 3.04. The quantitative estimate of drug-likeness (QED) is 0.459. The minimum Gasteiger partial charge on any atom is -0.334 e. The lowest BCUT2D eigenvalue weighted by Gasteiger charge is -2.08. The minimum absolute atomic E-state index is 0.308. The summed E-state index contributed by atoms with van der Waals surface area (Å²) in [4.78, 5) is 16.4. The van der Waals surface area contributed by atoms with Crippen molar-refractivity contribution in [1.82, 2.24) is 9.66 Å². The van der Waals surface area contributed by atoms with Crippen molar-refractivity contribution in [3.63, 3.8) is 0 Å². The van der Waals surface area contributed by atoms with Gasteiger partial charge in [-0.1, -0.05) is 42.1 Å². The number of fused-ring (bicyclic) bond motifs is 1. The number of aromatic nitrogens is 2. The summed E-state index contributed by atoms with van der Waals surface area (Å²) in [7, 11) is 0. The first-order valence-electron chi connectivity index (χ1n) is 6.29. The van der Waals surface area contributed by atoms with E-state index >= 15 is 0 Å². The van der Waals surface area contributed by atoms with E-state index in [1.54, 1.807) is 0 Å². The average Bonchev–Trinajstić information content (AvgIpc) is 2.50. The molecule has 1 aromatic heterocycles. The van der Waals surface area contributed by atoms with Crippen molar-refractivity contribution in [3.8, 4) is 0 Å². The number of halogens is 1. The van der Waals surface area contributed by atoms with Crippen LogP contribution in [0.1, 0.15) is 5.56 Å². The summed E-state index contributed by atoms with van der Waals surface area (Å²) in [6.45, 7) is 0. The Hall–Kier alpha value is -2.34. The number of benzene rings is 2. The predicted molar refractivity (Wildman–Crippen MR) is 82.1 cm³/mol. The first-order chi connectivity index (χ1) is 10.1. The molecule has 3 aromatic rings. The van der Waals surface area contributed by atoms with Crippen molar-refractivity contribution in [2.45, 2.75) is 10.9 Å². The predicted octanol–water partition coefficient (Wildman–Crippen LogP) is 2.54. The van der Waals surface area contributed by atoms with Crippen LogP contribution in [0.25, 0.3) is 10.9 Å². The molecule has 0 spiro atoms. The second-order valence-corrected chi connectivity index (χ2v) is 5.45. The molecule has 2 aromatic carbocycles. The highest BCUT2D eigenvalue weighted by Gasteiger charge is 2.10. The van der Waals surface area contributed by atoms with Crippen LogP contribution in [-0.2, 0) is 5.75 Å². The molecule has 0 saturated carbocycles. The molecule has 0 atom stereocenters. The summed E-state index contributed by atoms with van der Waals surface area (Å²) in [5, 5.41) is 0.671. The van der Waals surface area contributed by atoms with Gasteiger partial charge in [0.2, 0.25) is 0 Å². The second-order valence-electron chi connectivity index (χ2n) is 4.51. The molecule has 0 radical (unpaired) electrons. The normalized spacial score (nSPS) is 10.9. The maximum atomic E-state index is 13.3. The Balaban J connectivity index is 1.98. The van der Waals surface area contributed by atoms with Gasteiger partial charge < -0.3 is 5.84 Å². The number of hydrogen-bond acceptors (Lipinski definition) is 4. The van der Waals surface area contributed by atoms with E-state index in [2.05, 4.69) is 4.98 Å². The van der Waals surface area contributed by atoms with Gasteiger partial charge in [0.1, 0.15) is 5.82 Å². The van der Waals surface area contributed by atoms with Crippen molar-refractivity contribution >= 4 is 22.7 Å². The highest BCUT2D eigenvalue weighted by molar-refractivity contribution is 7.98. The van der Waals surface area contributed by atoms with Crippen LogP contribution in [0.3, 0.4) is 0 Å². The molecule has 6 heteroatoms. The zero-order valence-electron chi connectivity index (χ0n) is 11.0. The Kier molecular flexibility index (Phi) is 3.62. The van der Waals surface area contributed by atoms with Crippen molar-refractivity contribution in [1.29, 1.82) is 0 Å².